The van der Waals surface area contributed by atoms with Crippen LogP contribution in [0.3, 0.4) is 0 Å². The van der Waals surface area contributed by atoms with Gasteiger partial charge in [-0.3, -0.25) is 4.79 Å². The number of rotatable bonds is 8. The Bertz CT molecular complexity index is 536. The first-order valence-corrected chi connectivity index (χ1v) is 7.85. The zero-order chi connectivity index (χ0) is 16.7. The molecule has 0 spiro atoms. The molecule has 0 heterocycles. The molecule has 5 nitrogen and oxygen atoms in total. The summed E-state index contributed by atoms with van der Waals surface area (Å²) >= 11 is 11.8. The molecule has 0 saturated heterocycles. The molecular formula is C15H20Cl2N2O3. The average molecular weight is 347 g/mol. The van der Waals surface area contributed by atoms with Crippen molar-refractivity contribution in [2.75, 3.05) is 11.9 Å². The van der Waals surface area contributed by atoms with E-state index >= 15 is 0 Å². The third kappa shape index (κ3) is 6.22. The van der Waals surface area contributed by atoms with E-state index in [0.717, 1.165) is 6.42 Å². The number of benzene rings is 1. The van der Waals surface area contributed by atoms with Crippen molar-refractivity contribution in [1.82, 2.24) is 0 Å². The number of nitrogens with two attached hydrogens (primary N) is 1. The second-order valence-electron chi connectivity index (χ2n) is 5.49. The van der Waals surface area contributed by atoms with E-state index in [1.54, 1.807) is 23.5 Å². The molecule has 22 heavy (non-hydrogen) atoms. The largest absolute Gasteiger partial charge is 0.544 e. The van der Waals surface area contributed by atoms with E-state index in [0.29, 0.717) is 23.2 Å². The molecule has 0 aliphatic carbocycles. The lowest BCUT2D eigenvalue weighted by Crippen LogP contribution is -2.93. The lowest BCUT2D eigenvalue weighted by molar-refractivity contribution is -0.683. The van der Waals surface area contributed by atoms with Gasteiger partial charge >= 0.3 is 0 Å². The summed E-state index contributed by atoms with van der Waals surface area (Å²) in [6, 6.07) is 3.93. The molecule has 3 N–H and O–H groups in total. The third-order valence-electron chi connectivity index (χ3n) is 3.13. The molecule has 1 atom stereocenters. The number of anilines is 1. The molecule has 0 bridgehead atoms. The van der Waals surface area contributed by atoms with Crippen molar-refractivity contribution in [2.45, 2.75) is 32.7 Å². The number of nitrogens with one attached hydrogen (secondary N) is 1. The van der Waals surface area contributed by atoms with E-state index in [-0.39, 0.29) is 11.4 Å². The highest BCUT2D eigenvalue weighted by molar-refractivity contribution is 6.43. The van der Waals surface area contributed by atoms with Crippen LogP contribution in [0.25, 0.3) is 0 Å². The van der Waals surface area contributed by atoms with Crippen LogP contribution >= 0.6 is 23.2 Å². The van der Waals surface area contributed by atoms with E-state index in [1.165, 1.54) is 0 Å². The zero-order valence-electron chi connectivity index (χ0n) is 12.6. The number of aliphatic carboxylic acids is 1. The van der Waals surface area contributed by atoms with Gasteiger partial charge in [-0.05, 0) is 24.5 Å². The summed E-state index contributed by atoms with van der Waals surface area (Å²) in [5.74, 6) is -1.23. The minimum Gasteiger partial charge on any atom is -0.544 e. The molecule has 122 valence electrons. The highest BCUT2D eigenvalue weighted by atomic mass is 35.5. The maximum absolute atomic E-state index is 12.0. The number of carbonyl (C=O) groups is 2. The molecule has 0 aromatic heterocycles. The average Bonchev–Trinajstić information content (AvgIpc) is 2.42. The Morgan fingerprint density at radius 1 is 1.32 bits per heavy atom. The predicted octanol–water partition coefficient (Wildman–Crippen LogP) is 1.05. The molecule has 0 saturated carbocycles. The van der Waals surface area contributed by atoms with E-state index in [9.17, 15) is 14.7 Å². The van der Waals surface area contributed by atoms with E-state index in [2.05, 4.69) is 19.2 Å². The lowest BCUT2D eigenvalue weighted by Gasteiger charge is -2.17. The summed E-state index contributed by atoms with van der Waals surface area (Å²) in [4.78, 5) is 23.1. The maximum atomic E-state index is 12.0. The summed E-state index contributed by atoms with van der Waals surface area (Å²) in [5.41, 5.74) is 0.360. The minimum absolute atomic E-state index is 0.191. The molecule has 7 heteroatoms. The fraction of sp³-hybridized carbons (Fsp3) is 0.467. The fourth-order valence-corrected chi connectivity index (χ4v) is 2.24. The summed E-state index contributed by atoms with van der Waals surface area (Å²) in [6.07, 6.45) is 0.675. The number of halogens is 2. The maximum Gasteiger partial charge on any atom is 0.230 e. The van der Waals surface area contributed by atoms with E-state index in [4.69, 9.17) is 23.2 Å². The molecule has 0 fully saturated rings. The van der Waals surface area contributed by atoms with Crippen LogP contribution in [0.2, 0.25) is 10.0 Å². The second-order valence-corrected chi connectivity index (χ2v) is 6.27. The normalized spacial score (nSPS) is 12.2. The Kier molecular flexibility index (Phi) is 7.65. The van der Waals surface area contributed by atoms with Gasteiger partial charge in [0.2, 0.25) is 5.91 Å². The van der Waals surface area contributed by atoms with Crippen LogP contribution < -0.4 is 15.7 Å². The zero-order valence-corrected chi connectivity index (χ0v) is 14.1. The van der Waals surface area contributed by atoms with Crippen LogP contribution in [0.15, 0.2) is 18.2 Å². The van der Waals surface area contributed by atoms with E-state index < -0.39 is 17.9 Å². The van der Waals surface area contributed by atoms with Crippen molar-refractivity contribution >= 4 is 40.8 Å². The molecule has 1 aromatic rings. The summed E-state index contributed by atoms with van der Waals surface area (Å²) in [6.45, 7) is 4.73. The van der Waals surface area contributed by atoms with Gasteiger partial charge in [0.25, 0.3) is 0 Å². The first-order valence-electron chi connectivity index (χ1n) is 7.09. The van der Waals surface area contributed by atoms with Gasteiger partial charge in [0.05, 0.1) is 34.7 Å². The van der Waals surface area contributed by atoms with Crippen molar-refractivity contribution in [2.24, 2.45) is 5.92 Å². The molecule has 1 rings (SSSR count). The quantitative estimate of drug-likeness (QED) is 0.737. The van der Waals surface area contributed by atoms with Gasteiger partial charge in [-0.25, -0.2) is 0 Å². The topological polar surface area (TPSA) is 85.8 Å². The van der Waals surface area contributed by atoms with Crippen molar-refractivity contribution in [3.8, 4) is 0 Å². The Morgan fingerprint density at radius 3 is 2.59 bits per heavy atom. The number of carboxylic acids is 1. The number of hydrogen-bond donors (Lipinski definition) is 2. The van der Waals surface area contributed by atoms with Gasteiger partial charge in [0, 0.05) is 0 Å². The number of quaternary nitrogens is 1. The van der Waals surface area contributed by atoms with Crippen LogP contribution in [0.4, 0.5) is 5.69 Å². The van der Waals surface area contributed by atoms with Gasteiger partial charge in [0.15, 0.2) is 0 Å². The summed E-state index contributed by atoms with van der Waals surface area (Å²) in [7, 11) is 0. The van der Waals surface area contributed by atoms with Crippen LogP contribution in [0.1, 0.15) is 26.7 Å². The highest BCUT2D eigenvalue weighted by Crippen LogP contribution is 2.29. The van der Waals surface area contributed by atoms with Crippen LogP contribution in [0.5, 0.6) is 0 Å². The molecule has 0 unspecified atom stereocenters. The molecule has 1 amide bonds. The summed E-state index contributed by atoms with van der Waals surface area (Å²) < 4.78 is 0. The van der Waals surface area contributed by atoms with Crippen LogP contribution in [0, 0.1) is 5.92 Å². The smallest absolute Gasteiger partial charge is 0.230 e. The monoisotopic (exact) mass is 346 g/mol. The molecule has 1 aromatic carbocycles. The Morgan fingerprint density at radius 2 is 2.00 bits per heavy atom. The predicted molar refractivity (Wildman–Crippen MR) is 84.8 cm³/mol. The SMILES string of the molecule is CC(C)CC[NH2+][C@H](CC(=O)Nc1cccc(Cl)c1Cl)C(=O)[O-]. The van der Waals surface area contributed by atoms with Gasteiger partial charge in [-0.15, -0.1) is 0 Å². The molecule has 0 radical (unpaired) electrons. The van der Waals surface area contributed by atoms with Crippen molar-refractivity contribution in [3.05, 3.63) is 28.2 Å². The van der Waals surface area contributed by atoms with Gasteiger partial charge in [-0.2, -0.15) is 0 Å². The number of carbonyl (C=O) groups excluding carboxylic acids is 2. The molecule has 0 aliphatic heterocycles. The Hall–Kier alpha value is -1.30. The third-order valence-corrected chi connectivity index (χ3v) is 3.95. The van der Waals surface area contributed by atoms with Gasteiger partial charge < -0.3 is 20.5 Å². The fourth-order valence-electron chi connectivity index (χ4n) is 1.89. The molecule has 0 aliphatic rings. The van der Waals surface area contributed by atoms with Crippen molar-refractivity contribution in [3.63, 3.8) is 0 Å². The number of amides is 1. The van der Waals surface area contributed by atoms with Gasteiger partial charge in [-0.1, -0.05) is 43.1 Å². The number of carboxylic acid groups (broad SMARTS) is 1. The summed E-state index contributed by atoms with van der Waals surface area (Å²) in [5, 5.41) is 15.9. The van der Waals surface area contributed by atoms with Crippen LogP contribution in [-0.2, 0) is 9.59 Å². The Balaban J connectivity index is 2.60. The van der Waals surface area contributed by atoms with Crippen molar-refractivity contribution in [1.29, 1.82) is 0 Å². The van der Waals surface area contributed by atoms with Gasteiger partial charge in [0.1, 0.15) is 6.04 Å². The lowest BCUT2D eigenvalue weighted by atomic mass is 10.1. The van der Waals surface area contributed by atoms with Crippen LogP contribution in [-0.4, -0.2) is 24.5 Å². The first-order chi connectivity index (χ1) is 10.3. The highest BCUT2D eigenvalue weighted by Gasteiger charge is 2.19. The first kappa shape index (κ1) is 18.7. The minimum atomic E-state index is -1.25. The van der Waals surface area contributed by atoms with E-state index in [1.807, 2.05) is 0 Å². The number of hydrogen-bond acceptors (Lipinski definition) is 3. The Labute approximate surface area is 140 Å². The van der Waals surface area contributed by atoms with Crippen molar-refractivity contribution < 1.29 is 20.0 Å². The standard InChI is InChI=1S/C15H20Cl2N2O3/c1-9(2)6-7-18-12(15(21)22)8-13(20)19-11-5-3-4-10(16)14(11)17/h3-5,9,12,18H,6-8H2,1-2H3,(H,19,20)(H,21,22)/t12-/m1/s1. The molecular weight excluding hydrogens is 327 g/mol. The second kappa shape index (κ2) is 8.98.